The number of nitrogens with one attached hydrogen (secondary N) is 1. The lowest BCUT2D eigenvalue weighted by Gasteiger charge is -2.42. The summed E-state index contributed by atoms with van der Waals surface area (Å²) in [5, 5.41) is 41.0. The Kier molecular flexibility index (Phi) is 6.37. The fourth-order valence-electron chi connectivity index (χ4n) is 2.59. The standard InChI is InChI=1S/C16H21NO9/c1-7(19)17-12-14(21)13(20)11(6-18)26-16(12)25-9-4-3-8(15(22)23)5-10(9)24-2/h3-5,11-14,16,18,20-21H,6H2,1-2H3,(H,17,19)(H,22,23)/t11-,12+,13+,14+,16-/m0/s1. The number of amides is 1. The van der Waals surface area contributed by atoms with E-state index in [2.05, 4.69) is 5.32 Å². The number of carbonyl (C=O) groups excluding carboxylic acids is 1. The van der Waals surface area contributed by atoms with Gasteiger partial charge in [0.1, 0.15) is 24.4 Å². The number of benzene rings is 1. The Morgan fingerprint density at radius 3 is 2.46 bits per heavy atom. The SMILES string of the molecule is COc1cc(C(=O)O)ccc1O[C@H]1O[C@@H](CO)[C@@H](O)[C@H](O)[C@H]1NC(C)=O. The highest BCUT2D eigenvalue weighted by Crippen LogP contribution is 2.32. The molecule has 5 N–H and O–H groups in total. The van der Waals surface area contributed by atoms with E-state index in [1.165, 1.54) is 32.2 Å². The first-order valence-corrected chi connectivity index (χ1v) is 7.76. The molecule has 144 valence electrons. The van der Waals surface area contributed by atoms with Crippen LogP contribution in [0.1, 0.15) is 17.3 Å². The third kappa shape index (κ3) is 4.22. The number of carboxylic acid groups (broad SMARTS) is 1. The number of rotatable bonds is 6. The van der Waals surface area contributed by atoms with Gasteiger partial charge < -0.3 is 40.0 Å². The molecule has 0 saturated carbocycles. The largest absolute Gasteiger partial charge is 0.493 e. The molecular formula is C16H21NO9. The molecule has 1 amide bonds. The molecule has 1 aromatic rings. The second-order valence-corrected chi connectivity index (χ2v) is 5.72. The topological polar surface area (TPSA) is 155 Å². The van der Waals surface area contributed by atoms with Crippen LogP contribution in [-0.4, -0.2) is 76.7 Å². The molecule has 0 radical (unpaired) electrons. The summed E-state index contributed by atoms with van der Waals surface area (Å²) in [4.78, 5) is 22.4. The van der Waals surface area contributed by atoms with Crippen molar-refractivity contribution in [2.24, 2.45) is 0 Å². The summed E-state index contributed by atoms with van der Waals surface area (Å²) in [5.41, 5.74) is -0.0270. The van der Waals surface area contributed by atoms with Crippen molar-refractivity contribution in [1.82, 2.24) is 5.32 Å². The van der Waals surface area contributed by atoms with Crippen molar-refractivity contribution in [3.63, 3.8) is 0 Å². The number of aromatic carboxylic acids is 1. The fraction of sp³-hybridized carbons (Fsp3) is 0.500. The van der Waals surface area contributed by atoms with Crippen molar-refractivity contribution in [2.75, 3.05) is 13.7 Å². The summed E-state index contributed by atoms with van der Waals surface area (Å²) in [5.74, 6) is -1.46. The van der Waals surface area contributed by atoms with E-state index in [1.54, 1.807) is 0 Å². The Morgan fingerprint density at radius 2 is 1.92 bits per heavy atom. The van der Waals surface area contributed by atoms with Crippen molar-refractivity contribution in [1.29, 1.82) is 0 Å². The summed E-state index contributed by atoms with van der Waals surface area (Å²) >= 11 is 0. The third-order valence-electron chi connectivity index (χ3n) is 3.90. The van der Waals surface area contributed by atoms with E-state index < -0.39 is 49.1 Å². The van der Waals surface area contributed by atoms with Crippen molar-refractivity contribution in [2.45, 2.75) is 37.6 Å². The van der Waals surface area contributed by atoms with Crippen LogP contribution in [0.15, 0.2) is 18.2 Å². The number of carboxylic acids is 1. The van der Waals surface area contributed by atoms with Gasteiger partial charge in [0.25, 0.3) is 0 Å². The highest BCUT2D eigenvalue weighted by molar-refractivity contribution is 5.88. The number of hydrogen-bond acceptors (Lipinski definition) is 8. The molecule has 10 heteroatoms. The Balaban J connectivity index is 2.31. The van der Waals surface area contributed by atoms with E-state index in [-0.39, 0.29) is 17.1 Å². The van der Waals surface area contributed by atoms with Crippen LogP contribution in [0.3, 0.4) is 0 Å². The van der Waals surface area contributed by atoms with Crippen LogP contribution in [-0.2, 0) is 9.53 Å². The van der Waals surface area contributed by atoms with Crippen LogP contribution < -0.4 is 14.8 Å². The molecule has 0 aliphatic carbocycles. The molecule has 0 unspecified atom stereocenters. The zero-order chi connectivity index (χ0) is 19.4. The monoisotopic (exact) mass is 371 g/mol. The number of methoxy groups -OCH3 is 1. The zero-order valence-electron chi connectivity index (χ0n) is 14.2. The third-order valence-corrected chi connectivity index (χ3v) is 3.90. The summed E-state index contributed by atoms with van der Waals surface area (Å²) in [6.07, 6.45) is -5.30. The molecule has 1 aromatic carbocycles. The van der Waals surface area contributed by atoms with Gasteiger partial charge >= 0.3 is 5.97 Å². The molecule has 0 aromatic heterocycles. The Bertz CT molecular complexity index is 665. The van der Waals surface area contributed by atoms with Crippen molar-refractivity contribution in [3.8, 4) is 11.5 Å². The molecule has 1 heterocycles. The molecule has 26 heavy (non-hydrogen) atoms. The normalized spacial score (nSPS) is 28.3. The Hall–Kier alpha value is -2.40. The predicted octanol–water partition coefficient (Wildman–Crippen LogP) is -1.28. The van der Waals surface area contributed by atoms with Gasteiger partial charge in [-0.05, 0) is 18.2 Å². The van der Waals surface area contributed by atoms with E-state index in [1.807, 2.05) is 0 Å². The quantitative estimate of drug-likeness (QED) is 0.411. The molecule has 1 aliphatic heterocycles. The van der Waals surface area contributed by atoms with Crippen LogP contribution in [0.2, 0.25) is 0 Å². The zero-order valence-corrected chi connectivity index (χ0v) is 14.2. The highest BCUT2D eigenvalue weighted by atomic mass is 16.7. The lowest BCUT2D eigenvalue weighted by atomic mass is 9.97. The molecule has 2 rings (SSSR count). The minimum Gasteiger partial charge on any atom is -0.493 e. The van der Waals surface area contributed by atoms with E-state index in [0.29, 0.717) is 0 Å². The van der Waals surface area contributed by atoms with E-state index >= 15 is 0 Å². The first kappa shape index (κ1) is 19.9. The summed E-state index contributed by atoms with van der Waals surface area (Å²) in [6.45, 7) is 0.635. The molecule has 5 atom stereocenters. The fourth-order valence-corrected chi connectivity index (χ4v) is 2.59. The lowest BCUT2D eigenvalue weighted by molar-refractivity contribution is -0.244. The highest BCUT2D eigenvalue weighted by Gasteiger charge is 2.46. The molecule has 1 saturated heterocycles. The predicted molar refractivity (Wildman–Crippen MR) is 85.9 cm³/mol. The van der Waals surface area contributed by atoms with E-state index in [4.69, 9.17) is 19.3 Å². The lowest BCUT2D eigenvalue weighted by Crippen LogP contribution is -2.65. The molecular weight excluding hydrogens is 350 g/mol. The number of aliphatic hydroxyl groups is 3. The molecule has 1 fully saturated rings. The van der Waals surface area contributed by atoms with Gasteiger partial charge in [-0.1, -0.05) is 0 Å². The molecule has 0 spiro atoms. The number of hydrogen-bond donors (Lipinski definition) is 5. The van der Waals surface area contributed by atoms with Gasteiger partial charge in [-0.15, -0.1) is 0 Å². The maximum absolute atomic E-state index is 11.4. The minimum absolute atomic E-state index is 0.0270. The first-order chi connectivity index (χ1) is 12.3. The van der Waals surface area contributed by atoms with E-state index in [0.717, 1.165) is 0 Å². The van der Waals surface area contributed by atoms with Gasteiger partial charge in [-0.25, -0.2) is 4.79 Å². The van der Waals surface area contributed by atoms with Crippen LogP contribution in [0.5, 0.6) is 11.5 Å². The molecule has 10 nitrogen and oxygen atoms in total. The summed E-state index contributed by atoms with van der Waals surface area (Å²) < 4.78 is 16.2. The average molecular weight is 371 g/mol. The average Bonchev–Trinajstić information content (AvgIpc) is 2.60. The Labute approximate surface area is 148 Å². The smallest absolute Gasteiger partial charge is 0.335 e. The van der Waals surface area contributed by atoms with Gasteiger partial charge in [0.2, 0.25) is 12.2 Å². The van der Waals surface area contributed by atoms with Crippen LogP contribution in [0.25, 0.3) is 0 Å². The van der Waals surface area contributed by atoms with Crippen molar-refractivity contribution >= 4 is 11.9 Å². The van der Waals surface area contributed by atoms with Gasteiger partial charge in [0, 0.05) is 6.92 Å². The van der Waals surface area contributed by atoms with Crippen LogP contribution >= 0.6 is 0 Å². The maximum Gasteiger partial charge on any atom is 0.335 e. The second-order valence-electron chi connectivity index (χ2n) is 5.72. The molecule has 1 aliphatic rings. The van der Waals surface area contributed by atoms with Crippen molar-refractivity contribution < 1.29 is 44.2 Å². The Morgan fingerprint density at radius 1 is 1.23 bits per heavy atom. The van der Waals surface area contributed by atoms with Gasteiger partial charge in [-0.2, -0.15) is 0 Å². The van der Waals surface area contributed by atoms with Gasteiger partial charge in [-0.3, -0.25) is 4.79 Å². The van der Waals surface area contributed by atoms with Gasteiger partial charge in [0.15, 0.2) is 11.5 Å². The summed E-state index contributed by atoms with van der Waals surface area (Å²) in [7, 11) is 1.32. The van der Waals surface area contributed by atoms with Crippen molar-refractivity contribution in [3.05, 3.63) is 23.8 Å². The summed E-state index contributed by atoms with van der Waals surface area (Å²) in [6, 6.07) is 2.73. The minimum atomic E-state index is -1.46. The van der Waals surface area contributed by atoms with Gasteiger partial charge in [0.05, 0.1) is 19.3 Å². The van der Waals surface area contributed by atoms with E-state index in [9.17, 15) is 24.9 Å². The number of carbonyl (C=O) groups is 2. The number of aliphatic hydroxyl groups excluding tert-OH is 3. The van der Waals surface area contributed by atoms with Crippen LogP contribution in [0, 0.1) is 0 Å². The molecule has 0 bridgehead atoms. The number of ether oxygens (including phenoxy) is 3. The first-order valence-electron chi connectivity index (χ1n) is 7.76. The van der Waals surface area contributed by atoms with Crippen LogP contribution in [0.4, 0.5) is 0 Å². The second kappa shape index (κ2) is 8.32. The maximum atomic E-state index is 11.4.